The van der Waals surface area contributed by atoms with Crippen LogP contribution in [0.4, 0.5) is 0 Å². The van der Waals surface area contributed by atoms with E-state index < -0.39 is 84.6 Å². The molecule has 0 atom stereocenters. The van der Waals surface area contributed by atoms with Crippen LogP contribution < -0.4 is 0 Å². The van der Waals surface area contributed by atoms with Crippen LogP contribution in [0.1, 0.15) is 24.7 Å². The highest BCUT2D eigenvalue weighted by atomic mass is 15.0. The van der Waals surface area contributed by atoms with E-state index in [1.807, 2.05) is 0 Å². The van der Waals surface area contributed by atoms with E-state index in [0.29, 0.717) is 27.4 Å². The second-order valence-electron chi connectivity index (χ2n) is 12.0. The van der Waals surface area contributed by atoms with Gasteiger partial charge in [0.2, 0.25) is 0 Å². The summed E-state index contributed by atoms with van der Waals surface area (Å²) in [5, 5.41) is 0.766. The van der Waals surface area contributed by atoms with E-state index in [4.69, 9.17) is 17.8 Å². The van der Waals surface area contributed by atoms with Crippen molar-refractivity contribution in [2.75, 3.05) is 0 Å². The summed E-state index contributed by atoms with van der Waals surface area (Å²) in [5.41, 5.74) is 1.60. The van der Waals surface area contributed by atoms with Crippen LogP contribution in [-0.2, 0) is 0 Å². The van der Waals surface area contributed by atoms with Gasteiger partial charge in [0.05, 0.1) is 57.8 Å². The summed E-state index contributed by atoms with van der Waals surface area (Å²) in [5.74, 6) is 0. The van der Waals surface area contributed by atoms with E-state index in [1.54, 1.807) is 71.3 Å². The minimum atomic E-state index is -0.583. The minimum absolute atomic E-state index is 0.0207. The number of fused-ring (bicyclic) bond motifs is 9. The molecule has 0 bridgehead atoms. The topological polar surface area (TPSA) is 14.8 Å². The Morgan fingerprint density at radius 3 is 1.63 bits per heavy atom. The maximum Gasteiger partial charge on any atom is 0.0652 e. The average Bonchev–Trinajstić information content (AvgIpc) is 3.99. The zero-order chi connectivity index (χ0) is 49.1. The number of para-hydroxylation sites is 4. The van der Waals surface area contributed by atoms with E-state index in [1.165, 1.54) is 21.3 Å². The molecule has 0 N–H and O–H groups in total. The highest BCUT2D eigenvalue weighted by Gasteiger charge is 2.18. The Balaban J connectivity index is 1.24. The molecule has 8 aromatic carbocycles. The van der Waals surface area contributed by atoms with E-state index in [0.717, 1.165) is 0 Å². The molecule has 3 nitrogen and oxygen atoms in total. The van der Waals surface area contributed by atoms with Crippen LogP contribution in [0.25, 0.3) is 93.6 Å². The number of hydrogen-bond donors (Lipinski definition) is 0. The van der Waals surface area contributed by atoms with E-state index in [2.05, 4.69) is 0 Å². The highest BCUT2D eigenvalue weighted by molar-refractivity contribution is 6.14. The molecule has 11 rings (SSSR count). The van der Waals surface area contributed by atoms with Gasteiger partial charge in [-0.1, -0.05) is 115 Å². The lowest BCUT2D eigenvalue weighted by atomic mass is 10.1. The SMILES string of the molecule is [2H]c1cc([2H])c(-c2cccc(-n3c4c([2H])c([2H])c([2H])c([2H])c4c4c([2H])c(-n5c6ccccc6c6cc(-n7c8c([2H])c([2H])c([2H])c([2H])c8c8c([2H])c([2H])c([2H])c([2H])c87)ccc65)c([2H])c([2H])c43)c2)c([2H])c1. The van der Waals surface area contributed by atoms with E-state index in [-0.39, 0.29) is 90.4 Å². The smallest absolute Gasteiger partial charge is 0.0652 e. The molecule has 0 aliphatic carbocycles. The second-order valence-corrected chi connectivity index (χ2v) is 12.0. The van der Waals surface area contributed by atoms with Gasteiger partial charge in [0, 0.05) is 49.4 Å². The van der Waals surface area contributed by atoms with Crippen LogP contribution >= 0.6 is 0 Å². The first kappa shape index (κ1) is 15.8. The Morgan fingerprint density at radius 1 is 0.314 bits per heavy atom. The van der Waals surface area contributed by atoms with Gasteiger partial charge in [0.15, 0.2) is 0 Å². The monoisotopic (exact) mass is 667 g/mol. The van der Waals surface area contributed by atoms with Crippen molar-refractivity contribution in [3.8, 4) is 28.2 Å². The maximum atomic E-state index is 10.00. The molecule has 0 saturated heterocycles. The fourth-order valence-electron chi connectivity index (χ4n) is 7.17. The van der Waals surface area contributed by atoms with Crippen molar-refractivity contribution in [2.24, 2.45) is 0 Å². The fraction of sp³-hybridized carbons (Fsp3) is 0. The molecular formula is C48H31N3. The van der Waals surface area contributed by atoms with Crippen LogP contribution in [0, 0.1) is 0 Å². The summed E-state index contributed by atoms with van der Waals surface area (Å²) in [6, 6.07) is 13.3. The largest absolute Gasteiger partial charge is 0.309 e. The molecule has 3 heterocycles. The van der Waals surface area contributed by atoms with Crippen molar-refractivity contribution in [3.05, 3.63) is 188 Å². The zero-order valence-corrected chi connectivity index (χ0v) is 26.3. The van der Waals surface area contributed by atoms with Gasteiger partial charge in [0.25, 0.3) is 0 Å². The lowest BCUT2D eigenvalue weighted by molar-refractivity contribution is 1.16. The Morgan fingerprint density at radius 2 is 0.902 bits per heavy atom. The van der Waals surface area contributed by atoms with Crippen molar-refractivity contribution in [1.82, 2.24) is 13.7 Å². The first-order valence-electron chi connectivity index (χ1n) is 25.1. The second kappa shape index (κ2) is 10.8. The van der Waals surface area contributed by atoms with Gasteiger partial charge in [0.1, 0.15) is 0 Å². The molecule has 0 fully saturated rings. The van der Waals surface area contributed by atoms with Gasteiger partial charge in [-0.25, -0.2) is 0 Å². The Kier molecular flexibility index (Phi) is 3.36. The summed E-state index contributed by atoms with van der Waals surface area (Å²) >= 11 is 0. The van der Waals surface area contributed by atoms with E-state index in [9.17, 15) is 6.85 Å². The third-order valence-corrected chi connectivity index (χ3v) is 9.31. The van der Waals surface area contributed by atoms with Gasteiger partial charge in [-0.3, -0.25) is 0 Å². The van der Waals surface area contributed by atoms with Gasteiger partial charge >= 0.3 is 0 Å². The molecule has 51 heavy (non-hydrogen) atoms. The molecule has 0 radical (unpaired) electrons. The van der Waals surface area contributed by atoms with Gasteiger partial charge in [-0.05, 0) is 83.8 Å². The standard InChI is InChI=1S/C48H31N3/c1-2-13-32(14-3-1)33-15-12-16-34(29-33)49-45-23-10-6-19-39(45)41-31-36(26-27-47(41)49)51-46-24-11-7-20-40(46)42-30-35(25-28-48(42)51)50-43-21-8-4-17-37(43)38-18-5-9-22-44(38)50/h1-31H/i1D,4D,5D,6D,8D,9D,10D,13D,14D,17D,18D,19D,21D,22D,23D,26D,27D,31D. The number of benzene rings is 8. The quantitative estimate of drug-likeness (QED) is 0.177. The molecule has 3 aromatic heterocycles. The van der Waals surface area contributed by atoms with Crippen molar-refractivity contribution < 1.29 is 24.7 Å². The van der Waals surface area contributed by atoms with Crippen molar-refractivity contribution in [3.63, 3.8) is 0 Å². The van der Waals surface area contributed by atoms with Gasteiger partial charge in [-0.15, -0.1) is 0 Å². The van der Waals surface area contributed by atoms with Crippen LogP contribution in [-0.4, -0.2) is 13.7 Å². The zero-order valence-electron chi connectivity index (χ0n) is 44.3. The molecule has 0 spiro atoms. The number of hydrogen-bond acceptors (Lipinski definition) is 0. The molecule has 3 heteroatoms. The van der Waals surface area contributed by atoms with Crippen molar-refractivity contribution in [2.45, 2.75) is 0 Å². The Hall–Kier alpha value is -6.84. The van der Waals surface area contributed by atoms with Gasteiger partial charge < -0.3 is 13.7 Å². The summed E-state index contributed by atoms with van der Waals surface area (Å²) in [4.78, 5) is 0. The summed E-state index contributed by atoms with van der Waals surface area (Å²) < 4.78 is 165. The molecule has 0 aliphatic rings. The molecular weight excluding hydrogens is 619 g/mol. The number of aromatic nitrogens is 3. The third kappa shape index (κ3) is 4.12. The lowest BCUT2D eigenvalue weighted by Gasteiger charge is -2.12. The summed E-state index contributed by atoms with van der Waals surface area (Å²) in [6.45, 7) is 0. The molecule has 0 aliphatic heterocycles. The van der Waals surface area contributed by atoms with Crippen LogP contribution in [0.3, 0.4) is 0 Å². The lowest BCUT2D eigenvalue weighted by Crippen LogP contribution is -1.97. The number of rotatable bonds is 4. The first-order chi connectivity index (χ1) is 32.8. The van der Waals surface area contributed by atoms with Crippen LogP contribution in [0.15, 0.2) is 188 Å². The van der Waals surface area contributed by atoms with E-state index >= 15 is 0 Å². The van der Waals surface area contributed by atoms with Gasteiger partial charge in [-0.2, -0.15) is 0 Å². The molecule has 0 unspecified atom stereocenters. The highest BCUT2D eigenvalue weighted by Crippen LogP contribution is 2.39. The molecule has 238 valence electrons. The predicted molar refractivity (Wildman–Crippen MR) is 215 cm³/mol. The van der Waals surface area contributed by atoms with Crippen molar-refractivity contribution in [1.29, 1.82) is 0 Å². The maximum absolute atomic E-state index is 10.00. The Bertz CT molecular complexity index is 4090. The third-order valence-electron chi connectivity index (χ3n) is 9.31. The molecule has 11 aromatic rings. The molecule has 0 amide bonds. The predicted octanol–water partition coefficient (Wildman–Crippen LogP) is 12.6. The summed E-state index contributed by atoms with van der Waals surface area (Å²) in [6.07, 6.45) is 0. The summed E-state index contributed by atoms with van der Waals surface area (Å²) in [7, 11) is 0. The normalized spacial score (nSPS) is 16.9. The average molecular weight is 668 g/mol. The van der Waals surface area contributed by atoms with Crippen molar-refractivity contribution >= 4 is 65.4 Å². The Labute approximate surface area is 319 Å². The molecule has 0 saturated carbocycles. The fourth-order valence-corrected chi connectivity index (χ4v) is 7.17. The first-order valence-corrected chi connectivity index (χ1v) is 16.1. The number of nitrogens with zero attached hydrogens (tertiary/aromatic N) is 3. The minimum Gasteiger partial charge on any atom is -0.309 e. The van der Waals surface area contributed by atoms with Crippen LogP contribution in [0.5, 0.6) is 0 Å². The van der Waals surface area contributed by atoms with Crippen LogP contribution in [0.2, 0.25) is 0 Å².